The summed E-state index contributed by atoms with van der Waals surface area (Å²) in [6, 6.07) is 11.8. The lowest BCUT2D eigenvalue weighted by Crippen LogP contribution is -2.12. The molecule has 0 radical (unpaired) electrons. The summed E-state index contributed by atoms with van der Waals surface area (Å²) in [6.07, 6.45) is 0.321. The van der Waals surface area contributed by atoms with E-state index in [9.17, 15) is 18.0 Å². The summed E-state index contributed by atoms with van der Waals surface area (Å²) in [4.78, 5) is 21.8. The molecule has 0 fully saturated rings. The normalized spacial score (nSPS) is 11.1. The Hall–Kier alpha value is -3.73. The molecule has 1 amide bonds. The highest BCUT2D eigenvalue weighted by molar-refractivity contribution is 7.16. The average Bonchev–Trinajstić information content (AvgIpc) is 3.39. The minimum Gasteiger partial charge on any atom is -0.435 e. The van der Waals surface area contributed by atoms with Gasteiger partial charge in [-0.1, -0.05) is 5.16 Å². The summed E-state index contributed by atoms with van der Waals surface area (Å²) in [5, 5.41) is 7.00. The number of anilines is 1. The molecule has 4 rings (SSSR count). The van der Waals surface area contributed by atoms with Gasteiger partial charge in [0.15, 0.2) is 5.13 Å². The third-order valence-corrected chi connectivity index (χ3v) is 5.42. The van der Waals surface area contributed by atoms with Crippen LogP contribution in [-0.2, 0) is 11.2 Å². The molecule has 2 aromatic heterocycles. The van der Waals surface area contributed by atoms with Gasteiger partial charge in [0.2, 0.25) is 17.6 Å². The lowest BCUT2D eigenvalue weighted by molar-refractivity contribution is -0.116. The third kappa shape index (κ3) is 5.75. The second-order valence-electron chi connectivity index (χ2n) is 6.89. The number of hydrogen-bond donors (Lipinski definition) is 1. The molecule has 0 saturated heterocycles. The molecule has 0 aliphatic heterocycles. The molecular formula is C22H17F3N4O3S. The van der Waals surface area contributed by atoms with E-state index in [-0.39, 0.29) is 36.2 Å². The van der Waals surface area contributed by atoms with Crippen molar-refractivity contribution in [3.05, 3.63) is 65.1 Å². The molecule has 0 aliphatic rings. The van der Waals surface area contributed by atoms with Crippen molar-refractivity contribution in [2.75, 3.05) is 5.32 Å². The van der Waals surface area contributed by atoms with Crippen LogP contribution in [0, 0.1) is 12.7 Å². The van der Waals surface area contributed by atoms with E-state index in [0.717, 1.165) is 4.88 Å². The van der Waals surface area contributed by atoms with Gasteiger partial charge in [-0.3, -0.25) is 4.79 Å². The number of nitrogens with zero attached hydrogens (tertiary/aromatic N) is 3. The van der Waals surface area contributed by atoms with Crippen molar-refractivity contribution in [3.8, 4) is 28.4 Å². The quantitative estimate of drug-likeness (QED) is 0.364. The Bertz CT molecular complexity index is 1240. The summed E-state index contributed by atoms with van der Waals surface area (Å²) in [6.45, 7) is -1.04. The predicted octanol–water partition coefficient (Wildman–Crippen LogP) is 5.48. The molecular weight excluding hydrogens is 457 g/mol. The number of benzene rings is 2. The molecule has 33 heavy (non-hydrogen) atoms. The Labute approximate surface area is 190 Å². The summed E-state index contributed by atoms with van der Waals surface area (Å²) in [5.41, 5.74) is 1.96. The largest absolute Gasteiger partial charge is 0.435 e. The molecule has 0 aliphatic carbocycles. The van der Waals surface area contributed by atoms with Crippen molar-refractivity contribution in [2.45, 2.75) is 26.4 Å². The topological polar surface area (TPSA) is 90.1 Å². The van der Waals surface area contributed by atoms with E-state index in [1.807, 2.05) is 6.92 Å². The number of aryl methyl sites for hydroxylation is 2. The Morgan fingerprint density at radius 1 is 1.09 bits per heavy atom. The number of ether oxygens (including phenoxy) is 1. The van der Waals surface area contributed by atoms with Gasteiger partial charge < -0.3 is 14.6 Å². The van der Waals surface area contributed by atoms with E-state index in [0.29, 0.717) is 27.8 Å². The highest BCUT2D eigenvalue weighted by Gasteiger charge is 2.15. The van der Waals surface area contributed by atoms with Gasteiger partial charge in [-0.25, -0.2) is 9.37 Å². The van der Waals surface area contributed by atoms with Crippen LogP contribution in [-0.4, -0.2) is 27.6 Å². The zero-order valence-corrected chi connectivity index (χ0v) is 18.0. The smallest absolute Gasteiger partial charge is 0.387 e. The van der Waals surface area contributed by atoms with E-state index >= 15 is 0 Å². The van der Waals surface area contributed by atoms with Gasteiger partial charge in [-0.15, -0.1) is 11.3 Å². The van der Waals surface area contributed by atoms with Gasteiger partial charge in [0.1, 0.15) is 11.6 Å². The fourth-order valence-electron chi connectivity index (χ4n) is 2.99. The molecule has 2 heterocycles. The standard InChI is InChI=1S/C22H17F3N4O3S/c1-12-19(13-4-8-16(9-5-13)31-21(24)25)28-22(33-12)26-17(30)10-11-18-27-20(29-32-18)14-2-6-15(23)7-3-14/h2-9,21H,10-11H2,1H3,(H,26,28,30). The van der Waals surface area contributed by atoms with Crippen molar-refractivity contribution in [3.63, 3.8) is 0 Å². The molecule has 170 valence electrons. The first-order valence-electron chi connectivity index (χ1n) is 9.78. The van der Waals surface area contributed by atoms with Crippen LogP contribution < -0.4 is 10.1 Å². The van der Waals surface area contributed by atoms with Gasteiger partial charge >= 0.3 is 6.61 Å². The fraction of sp³-hybridized carbons (Fsp3) is 0.182. The molecule has 0 spiro atoms. The van der Waals surface area contributed by atoms with Crippen molar-refractivity contribution < 1.29 is 27.2 Å². The van der Waals surface area contributed by atoms with Crippen LogP contribution in [0.2, 0.25) is 0 Å². The molecule has 0 atom stereocenters. The number of halogens is 3. The number of carbonyl (C=O) groups excluding carboxylic acids is 1. The van der Waals surface area contributed by atoms with E-state index in [4.69, 9.17) is 4.52 Å². The highest BCUT2D eigenvalue weighted by atomic mass is 32.1. The maximum atomic E-state index is 13.0. The summed E-state index contributed by atoms with van der Waals surface area (Å²) in [7, 11) is 0. The number of thiazole rings is 1. The van der Waals surface area contributed by atoms with Crippen molar-refractivity contribution in [1.29, 1.82) is 0 Å². The zero-order valence-electron chi connectivity index (χ0n) is 17.2. The molecule has 11 heteroatoms. The first-order valence-corrected chi connectivity index (χ1v) is 10.6. The second-order valence-corrected chi connectivity index (χ2v) is 8.10. The number of rotatable bonds is 8. The van der Waals surface area contributed by atoms with E-state index in [1.165, 1.54) is 35.6 Å². The third-order valence-electron chi connectivity index (χ3n) is 4.53. The lowest BCUT2D eigenvalue weighted by atomic mass is 10.1. The summed E-state index contributed by atoms with van der Waals surface area (Å²) in [5.74, 6) is 0.0101. The minimum absolute atomic E-state index is 0.0544. The molecule has 0 saturated carbocycles. The van der Waals surface area contributed by atoms with Crippen LogP contribution in [0.1, 0.15) is 17.2 Å². The van der Waals surface area contributed by atoms with Crippen LogP contribution in [0.3, 0.4) is 0 Å². The van der Waals surface area contributed by atoms with Gasteiger partial charge in [0.25, 0.3) is 0 Å². The maximum Gasteiger partial charge on any atom is 0.387 e. The van der Waals surface area contributed by atoms with Crippen LogP contribution in [0.15, 0.2) is 53.1 Å². The zero-order chi connectivity index (χ0) is 23.4. The Morgan fingerprint density at radius 2 is 1.79 bits per heavy atom. The van der Waals surface area contributed by atoms with Crippen molar-refractivity contribution >= 4 is 22.4 Å². The second kappa shape index (κ2) is 9.82. The van der Waals surface area contributed by atoms with Gasteiger partial charge in [-0.05, 0) is 55.5 Å². The van der Waals surface area contributed by atoms with Gasteiger partial charge in [0, 0.05) is 28.8 Å². The van der Waals surface area contributed by atoms with Crippen molar-refractivity contribution in [1.82, 2.24) is 15.1 Å². The number of aromatic nitrogens is 3. The summed E-state index contributed by atoms with van der Waals surface area (Å²) >= 11 is 1.30. The highest BCUT2D eigenvalue weighted by Crippen LogP contribution is 2.31. The SMILES string of the molecule is Cc1sc(NC(=O)CCc2nc(-c3ccc(F)cc3)no2)nc1-c1ccc(OC(F)F)cc1. The van der Waals surface area contributed by atoms with E-state index in [2.05, 4.69) is 25.2 Å². The average molecular weight is 474 g/mol. The van der Waals surface area contributed by atoms with Crippen LogP contribution in [0.25, 0.3) is 22.6 Å². The van der Waals surface area contributed by atoms with Crippen molar-refractivity contribution in [2.24, 2.45) is 0 Å². The number of amides is 1. The Balaban J connectivity index is 1.34. The molecule has 2 aromatic carbocycles. The lowest BCUT2D eigenvalue weighted by Gasteiger charge is -2.05. The minimum atomic E-state index is -2.89. The van der Waals surface area contributed by atoms with Crippen LogP contribution >= 0.6 is 11.3 Å². The van der Waals surface area contributed by atoms with Crippen LogP contribution in [0.5, 0.6) is 5.75 Å². The fourth-order valence-corrected chi connectivity index (χ4v) is 3.84. The molecule has 4 aromatic rings. The molecule has 0 bridgehead atoms. The first-order chi connectivity index (χ1) is 15.9. The van der Waals surface area contributed by atoms with Gasteiger partial charge in [0.05, 0.1) is 5.69 Å². The monoisotopic (exact) mass is 474 g/mol. The Kier molecular flexibility index (Phi) is 6.68. The number of carbonyl (C=O) groups is 1. The molecule has 7 nitrogen and oxygen atoms in total. The number of hydrogen-bond acceptors (Lipinski definition) is 7. The van der Waals surface area contributed by atoms with E-state index in [1.54, 1.807) is 24.3 Å². The summed E-state index contributed by atoms with van der Waals surface area (Å²) < 4.78 is 47.1. The predicted molar refractivity (Wildman–Crippen MR) is 116 cm³/mol. The number of nitrogens with one attached hydrogen (secondary N) is 1. The van der Waals surface area contributed by atoms with E-state index < -0.39 is 6.61 Å². The Morgan fingerprint density at radius 3 is 2.48 bits per heavy atom. The van der Waals surface area contributed by atoms with Crippen LogP contribution in [0.4, 0.5) is 18.3 Å². The molecule has 0 unspecified atom stereocenters. The maximum absolute atomic E-state index is 13.0. The molecule has 1 N–H and O–H groups in total. The number of alkyl halides is 2. The first kappa shape index (κ1) is 22.5. The van der Waals surface area contributed by atoms with Gasteiger partial charge in [-0.2, -0.15) is 13.8 Å².